The minimum atomic E-state index is -1.13. The molecule has 0 aromatic heterocycles. The summed E-state index contributed by atoms with van der Waals surface area (Å²) in [7, 11) is 0. The smallest absolute Gasteiger partial charge is 0.336 e. The molecule has 1 atom stereocenters. The van der Waals surface area contributed by atoms with Crippen LogP contribution >= 0.6 is 0 Å². The molecule has 4 N–H and O–H groups in total. The number of esters is 1. The molecule has 1 aliphatic rings. The van der Waals surface area contributed by atoms with Crippen LogP contribution in [0.2, 0.25) is 0 Å². The molecule has 0 spiro atoms. The number of rotatable bonds is 12. The second-order valence-corrected chi connectivity index (χ2v) is 7.86. The number of hydrogen-bond acceptors (Lipinski definition) is 6. The first-order chi connectivity index (χ1) is 12.8. The maximum Gasteiger partial charge on any atom is 0.336 e. The first-order valence-electron chi connectivity index (χ1n) is 10.4. The Balaban J connectivity index is 2.32. The number of carbonyl (C=O) groups excluding carboxylic acids is 1. The van der Waals surface area contributed by atoms with Gasteiger partial charge >= 0.3 is 5.97 Å². The van der Waals surface area contributed by atoms with Gasteiger partial charge in [-0.3, -0.25) is 0 Å². The zero-order chi connectivity index (χ0) is 20.3. The van der Waals surface area contributed by atoms with Crippen molar-refractivity contribution < 1.29 is 30.0 Å². The summed E-state index contributed by atoms with van der Waals surface area (Å²) in [6.45, 7) is 3.58. The van der Waals surface area contributed by atoms with Crippen molar-refractivity contribution in [3.05, 3.63) is 11.1 Å². The van der Waals surface area contributed by atoms with Crippen LogP contribution in [0, 0.1) is 0 Å². The van der Waals surface area contributed by atoms with Gasteiger partial charge in [0.2, 0.25) is 6.29 Å². The molecule has 1 fully saturated rings. The molecule has 1 rings (SSSR count). The van der Waals surface area contributed by atoms with Gasteiger partial charge < -0.3 is 25.2 Å². The Morgan fingerprint density at radius 3 is 2.11 bits per heavy atom. The first kappa shape index (κ1) is 24.1. The highest BCUT2D eigenvalue weighted by Crippen LogP contribution is 2.35. The van der Waals surface area contributed by atoms with Crippen molar-refractivity contribution in [2.24, 2.45) is 0 Å². The van der Waals surface area contributed by atoms with Crippen molar-refractivity contribution >= 4 is 5.97 Å². The van der Waals surface area contributed by atoms with E-state index in [0.29, 0.717) is 43.3 Å². The number of aliphatic hydroxyl groups is 4. The molecule has 0 aromatic carbocycles. The summed E-state index contributed by atoms with van der Waals surface area (Å²) in [6.07, 6.45) is 7.74. The Bertz CT molecular complexity index is 465. The minimum absolute atomic E-state index is 0.254. The van der Waals surface area contributed by atoms with Gasteiger partial charge in [0.25, 0.3) is 0 Å². The summed E-state index contributed by atoms with van der Waals surface area (Å²) in [4.78, 5) is 12.3. The molecule has 1 unspecified atom stereocenters. The monoisotopic (exact) mass is 386 g/mol. The molecular formula is C21H38O6. The van der Waals surface area contributed by atoms with Crippen LogP contribution in [0.3, 0.4) is 0 Å². The third-order valence-electron chi connectivity index (χ3n) is 5.70. The number of carbonyl (C=O) groups is 1. The number of hydrogen-bond donors (Lipinski definition) is 4. The highest BCUT2D eigenvalue weighted by molar-refractivity contribution is 5.89. The molecule has 0 radical (unpaired) electrons. The molecule has 0 heterocycles. The van der Waals surface area contributed by atoms with Crippen molar-refractivity contribution in [2.75, 3.05) is 6.61 Å². The Morgan fingerprint density at radius 2 is 1.56 bits per heavy atom. The van der Waals surface area contributed by atoms with Crippen LogP contribution in [0.25, 0.3) is 0 Å². The van der Waals surface area contributed by atoms with Crippen molar-refractivity contribution in [1.29, 1.82) is 0 Å². The summed E-state index contributed by atoms with van der Waals surface area (Å²) in [5, 5.41) is 39.0. The van der Waals surface area contributed by atoms with E-state index in [-0.39, 0.29) is 12.7 Å². The van der Waals surface area contributed by atoms with E-state index in [4.69, 9.17) is 9.84 Å². The molecular weight excluding hydrogens is 348 g/mol. The molecule has 0 aromatic rings. The highest BCUT2D eigenvalue weighted by Gasteiger charge is 2.36. The molecule has 0 amide bonds. The Morgan fingerprint density at radius 1 is 1.04 bits per heavy atom. The van der Waals surface area contributed by atoms with Crippen LogP contribution < -0.4 is 0 Å². The van der Waals surface area contributed by atoms with Crippen molar-refractivity contribution in [3.8, 4) is 0 Å². The number of aliphatic hydroxyl groups excluding tert-OH is 3. The van der Waals surface area contributed by atoms with Gasteiger partial charge in [-0.15, -0.1) is 0 Å². The Labute approximate surface area is 163 Å². The Kier molecular flexibility index (Phi) is 11.1. The number of unbranched alkanes of at least 4 members (excludes halogenated alkanes) is 6. The lowest BCUT2D eigenvalue weighted by molar-refractivity contribution is -0.164. The van der Waals surface area contributed by atoms with E-state index in [1.165, 1.54) is 0 Å². The normalized spacial score (nSPS) is 25.0. The Hall–Kier alpha value is -0.950. The van der Waals surface area contributed by atoms with Gasteiger partial charge in [0.15, 0.2) is 0 Å². The van der Waals surface area contributed by atoms with Crippen molar-refractivity contribution in [1.82, 2.24) is 0 Å². The zero-order valence-corrected chi connectivity index (χ0v) is 17.0. The topological polar surface area (TPSA) is 107 Å². The zero-order valence-electron chi connectivity index (χ0n) is 17.0. The highest BCUT2D eigenvalue weighted by atomic mass is 16.6. The quantitative estimate of drug-likeness (QED) is 0.178. The third kappa shape index (κ3) is 8.73. The van der Waals surface area contributed by atoms with Crippen molar-refractivity contribution in [2.45, 2.75) is 109 Å². The van der Waals surface area contributed by atoms with E-state index in [1.807, 2.05) is 0 Å². The van der Waals surface area contributed by atoms with Gasteiger partial charge in [-0.2, -0.15) is 0 Å². The second-order valence-electron chi connectivity index (χ2n) is 7.86. The summed E-state index contributed by atoms with van der Waals surface area (Å²) < 4.78 is 5.12. The molecule has 1 saturated carbocycles. The second kappa shape index (κ2) is 12.5. The van der Waals surface area contributed by atoms with E-state index in [2.05, 4.69) is 0 Å². The van der Waals surface area contributed by atoms with Gasteiger partial charge in [0, 0.05) is 18.6 Å². The molecule has 0 bridgehead atoms. The van der Waals surface area contributed by atoms with Crippen LogP contribution in [-0.2, 0) is 9.53 Å². The van der Waals surface area contributed by atoms with E-state index in [1.54, 1.807) is 13.8 Å². The fourth-order valence-corrected chi connectivity index (χ4v) is 3.54. The summed E-state index contributed by atoms with van der Waals surface area (Å²) in [5.41, 5.74) is -0.185. The van der Waals surface area contributed by atoms with Gasteiger partial charge in [-0.1, -0.05) is 32.1 Å². The van der Waals surface area contributed by atoms with E-state index < -0.39 is 17.9 Å². The van der Waals surface area contributed by atoms with Crippen LogP contribution in [0.1, 0.15) is 90.9 Å². The molecule has 158 valence electrons. The lowest BCUT2D eigenvalue weighted by atomic mass is 9.77. The van der Waals surface area contributed by atoms with Crippen LogP contribution in [0.15, 0.2) is 11.1 Å². The van der Waals surface area contributed by atoms with E-state index in [9.17, 15) is 20.1 Å². The lowest BCUT2D eigenvalue weighted by Gasteiger charge is -2.36. The summed E-state index contributed by atoms with van der Waals surface area (Å²) in [6, 6.07) is 0. The van der Waals surface area contributed by atoms with Gasteiger partial charge in [-0.25, -0.2) is 4.79 Å². The SMILES string of the molecule is CC(C(=O)OC(O)CCCCCCCCCO)=C(C)C1(O)CCC(O)CC1. The summed E-state index contributed by atoms with van der Waals surface area (Å²) >= 11 is 0. The third-order valence-corrected chi connectivity index (χ3v) is 5.70. The minimum Gasteiger partial charge on any atom is -0.433 e. The molecule has 6 nitrogen and oxygen atoms in total. The van der Waals surface area contributed by atoms with E-state index >= 15 is 0 Å². The number of ether oxygens (including phenoxy) is 1. The molecule has 1 aliphatic carbocycles. The van der Waals surface area contributed by atoms with Crippen LogP contribution in [0.4, 0.5) is 0 Å². The fourth-order valence-electron chi connectivity index (χ4n) is 3.54. The first-order valence-corrected chi connectivity index (χ1v) is 10.4. The van der Waals surface area contributed by atoms with Gasteiger partial charge in [0.1, 0.15) is 0 Å². The van der Waals surface area contributed by atoms with Gasteiger partial charge in [-0.05, 0) is 57.9 Å². The van der Waals surface area contributed by atoms with Gasteiger partial charge in [0.05, 0.1) is 11.7 Å². The largest absolute Gasteiger partial charge is 0.433 e. The van der Waals surface area contributed by atoms with Crippen LogP contribution in [-0.4, -0.2) is 51.0 Å². The maximum atomic E-state index is 12.3. The molecule has 27 heavy (non-hydrogen) atoms. The molecule has 0 saturated heterocycles. The van der Waals surface area contributed by atoms with Crippen molar-refractivity contribution in [3.63, 3.8) is 0 Å². The average molecular weight is 387 g/mol. The lowest BCUT2D eigenvalue weighted by Crippen LogP contribution is -2.38. The van der Waals surface area contributed by atoms with Crippen LogP contribution in [0.5, 0.6) is 0 Å². The predicted octanol–water partition coefficient (Wildman–Crippen LogP) is 2.96. The molecule has 6 heteroatoms. The standard InChI is InChI=1S/C21H38O6/c1-16(17(2)21(26)13-11-18(23)12-14-21)20(25)27-19(24)10-8-6-4-3-5-7-9-15-22/h18-19,22-24,26H,3-15H2,1-2H3. The molecule has 0 aliphatic heterocycles. The summed E-state index contributed by atoms with van der Waals surface area (Å²) in [5.74, 6) is -0.594. The van der Waals surface area contributed by atoms with E-state index in [0.717, 1.165) is 44.9 Å². The maximum absolute atomic E-state index is 12.3. The predicted molar refractivity (Wildman–Crippen MR) is 104 cm³/mol. The fraction of sp³-hybridized carbons (Fsp3) is 0.857. The average Bonchev–Trinajstić information content (AvgIpc) is 2.65.